The summed E-state index contributed by atoms with van der Waals surface area (Å²) in [6.45, 7) is 0. The Bertz CT molecular complexity index is 1190. The number of benzene rings is 3. The van der Waals surface area contributed by atoms with Crippen LogP contribution in [0.1, 0.15) is 0 Å². The summed E-state index contributed by atoms with van der Waals surface area (Å²) >= 11 is 5.84. The topological polar surface area (TPSA) is 64.8 Å². The van der Waals surface area contributed by atoms with E-state index in [2.05, 4.69) is 10.3 Å². The lowest BCUT2D eigenvalue weighted by atomic mass is 9.98. The normalized spacial score (nSPS) is 11.4. The van der Waals surface area contributed by atoms with E-state index in [1.165, 1.54) is 30.5 Å². The quantitative estimate of drug-likeness (QED) is 0.510. The van der Waals surface area contributed by atoms with Gasteiger partial charge in [0.25, 0.3) is 10.0 Å². The van der Waals surface area contributed by atoms with Crippen LogP contribution in [0.3, 0.4) is 0 Å². The number of nitrogens with zero attached hydrogens (tertiary/aromatic N) is 3. The molecule has 0 atom stereocenters. The molecule has 3 aromatic carbocycles. The smallest absolute Gasteiger partial charge is 0.199 e. The van der Waals surface area contributed by atoms with Crippen molar-refractivity contribution in [1.82, 2.24) is 14.4 Å². The molecule has 0 aliphatic heterocycles. The molecule has 0 amide bonds. The van der Waals surface area contributed by atoms with E-state index in [9.17, 15) is 8.42 Å². The molecule has 0 N–H and O–H groups in total. The van der Waals surface area contributed by atoms with E-state index in [-0.39, 0.29) is 4.90 Å². The molecular formula is C20H14ClN3O2S. The summed E-state index contributed by atoms with van der Waals surface area (Å²) in [7, 11) is -3.84. The van der Waals surface area contributed by atoms with Gasteiger partial charge in [-0.15, -0.1) is 9.19 Å². The van der Waals surface area contributed by atoms with Crippen LogP contribution in [-0.4, -0.2) is 22.8 Å². The van der Waals surface area contributed by atoms with Crippen LogP contribution in [0, 0.1) is 0 Å². The summed E-state index contributed by atoms with van der Waals surface area (Å²) in [5.74, 6) is 0. The number of halogens is 1. The molecule has 0 aliphatic carbocycles. The van der Waals surface area contributed by atoms with E-state index in [1.54, 1.807) is 0 Å². The maximum atomic E-state index is 12.8. The van der Waals surface area contributed by atoms with E-state index in [0.717, 1.165) is 20.8 Å². The largest absolute Gasteiger partial charge is 0.284 e. The number of aromatic nitrogens is 3. The van der Waals surface area contributed by atoms with Gasteiger partial charge in [-0.1, -0.05) is 71.4 Å². The van der Waals surface area contributed by atoms with Gasteiger partial charge in [0, 0.05) is 10.6 Å². The summed E-state index contributed by atoms with van der Waals surface area (Å²) in [4.78, 5) is 0.0969. The van der Waals surface area contributed by atoms with Crippen molar-refractivity contribution in [3.63, 3.8) is 0 Å². The van der Waals surface area contributed by atoms with Gasteiger partial charge in [0.05, 0.1) is 11.1 Å². The van der Waals surface area contributed by atoms with Crippen LogP contribution < -0.4 is 0 Å². The van der Waals surface area contributed by atoms with Gasteiger partial charge in [-0.3, -0.25) is 0 Å². The van der Waals surface area contributed by atoms with Gasteiger partial charge in [-0.2, -0.15) is 8.42 Å². The second-order valence-corrected chi connectivity index (χ2v) is 8.08. The Kier molecular flexibility index (Phi) is 4.51. The lowest BCUT2D eigenvalue weighted by Gasteiger charge is -2.07. The molecule has 0 radical (unpaired) electrons. The number of hydrogen-bond acceptors (Lipinski definition) is 4. The first-order valence-electron chi connectivity index (χ1n) is 8.14. The van der Waals surface area contributed by atoms with E-state index in [0.29, 0.717) is 10.7 Å². The zero-order valence-corrected chi connectivity index (χ0v) is 15.6. The van der Waals surface area contributed by atoms with Crippen molar-refractivity contribution in [2.45, 2.75) is 4.90 Å². The van der Waals surface area contributed by atoms with Crippen molar-refractivity contribution in [3.05, 3.63) is 90.1 Å². The summed E-state index contributed by atoms with van der Waals surface area (Å²) in [6, 6.07) is 23.4. The van der Waals surface area contributed by atoms with E-state index in [4.69, 9.17) is 11.6 Å². The molecule has 5 nitrogen and oxygen atoms in total. The SMILES string of the molecule is O=S(=O)(c1ccc(Cl)cc1)n1cc(-c2ccccc2-c2ccccc2)nn1. The highest BCUT2D eigenvalue weighted by atomic mass is 35.5. The molecule has 0 saturated heterocycles. The van der Waals surface area contributed by atoms with Crippen molar-refractivity contribution in [1.29, 1.82) is 0 Å². The molecule has 7 heteroatoms. The molecule has 1 heterocycles. The van der Waals surface area contributed by atoms with Crippen LogP contribution in [0.15, 0.2) is 90.0 Å². The molecule has 4 aromatic rings. The summed E-state index contributed by atoms with van der Waals surface area (Å²) in [5, 5.41) is 8.40. The standard InChI is InChI=1S/C20H14ClN3O2S/c21-16-10-12-17(13-11-16)27(25,26)24-14-20(22-23-24)19-9-5-4-8-18(19)15-6-2-1-3-7-15/h1-14H. The van der Waals surface area contributed by atoms with Gasteiger partial charge in [-0.05, 0) is 35.4 Å². The first-order valence-corrected chi connectivity index (χ1v) is 9.96. The van der Waals surface area contributed by atoms with Crippen LogP contribution in [-0.2, 0) is 10.0 Å². The Morgan fingerprint density at radius 3 is 2.11 bits per heavy atom. The molecule has 0 spiro atoms. The second-order valence-electron chi connectivity index (χ2n) is 5.85. The average molecular weight is 396 g/mol. The molecule has 0 fully saturated rings. The van der Waals surface area contributed by atoms with Crippen LogP contribution in [0.2, 0.25) is 5.02 Å². The lowest BCUT2D eigenvalue weighted by Crippen LogP contribution is -2.13. The van der Waals surface area contributed by atoms with Crippen molar-refractivity contribution in [2.75, 3.05) is 0 Å². The lowest BCUT2D eigenvalue weighted by molar-refractivity contribution is 0.577. The minimum atomic E-state index is -3.84. The minimum absolute atomic E-state index is 0.0969. The highest BCUT2D eigenvalue weighted by Crippen LogP contribution is 2.31. The van der Waals surface area contributed by atoms with Crippen molar-refractivity contribution >= 4 is 21.6 Å². The molecule has 0 saturated carbocycles. The molecule has 4 rings (SSSR count). The third-order valence-electron chi connectivity index (χ3n) is 4.12. The summed E-state index contributed by atoms with van der Waals surface area (Å²) in [6.07, 6.45) is 1.42. The van der Waals surface area contributed by atoms with Gasteiger partial charge >= 0.3 is 0 Å². The zero-order valence-electron chi connectivity index (χ0n) is 14.0. The molecule has 27 heavy (non-hydrogen) atoms. The van der Waals surface area contributed by atoms with E-state index in [1.807, 2.05) is 54.6 Å². The van der Waals surface area contributed by atoms with E-state index >= 15 is 0 Å². The van der Waals surface area contributed by atoms with Gasteiger partial charge in [0.2, 0.25) is 0 Å². The fourth-order valence-electron chi connectivity index (χ4n) is 2.78. The summed E-state index contributed by atoms with van der Waals surface area (Å²) in [5.41, 5.74) is 3.26. The van der Waals surface area contributed by atoms with Crippen molar-refractivity contribution in [2.24, 2.45) is 0 Å². The molecule has 0 bridgehead atoms. The Morgan fingerprint density at radius 2 is 1.41 bits per heavy atom. The molecular weight excluding hydrogens is 382 g/mol. The number of rotatable bonds is 4. The highest BCUT2D eigenvalue weighted by Gasteiger charge is 2.20. The van der Waals surface area contributed by atoms with Crippen LogP contribution >= 0.6 is 11.6 Å². The number of hydrogen-bond donors (Lipinski definition) is 0. The maximum absolute atomic E-state index is 12.8. The Morgan fingerprint density at radius 1 is 0.778 bits per heavy atom. The molecule has 134 valence electrons. The van der Waals surface area contributed by atoms with Crippen LogP contribution in [0.5, 0.6) is 0 Å². The second kappa shape index (κ2) is 6.98. The van der Waals surface area contributed by atoms with Crippen LogP contribution in [0.4, 0.5) is 0 Å². The predicted octanol–water partition coefficient (Wildman–Crippen LogP) is 4.50. The van der Waals surface area contributed by atoms with Gasteiger partial charge in [-0.25, -0.2) is 0 Å². The minimum Gasteiger partial charge on any atom is -0.199 e. The summed E-state index contributed by atoms with van der Waals surface area (Å²) < 4.78 is 26.4. The Balaban J connectivity index is 1.77. The van der Waals surface area contributed by atoms with Gasteiger partial charge < -0.3 is 0 Å². The Hall–Kier alpha value is -2.96. The van der Waals surface area contributed by atoms with Crippen LogP contribution in [0.25, 0.3) is 22.4 Å². The van der Waals surface area contributed by atoms with E-state index < -0.39 is 10.0 Å². The monoisotopic (exact) mass is 395 g/mol. The zero-order chi connectivity index (χ0) is 18.9. The first-order chi connectivity index (χ1) is 13.1. The molecule has 0 unspecified atom stereocenters. The third kappa shape index (κ3) is 3.37. The Labute approximate surface area is 161 Å². The first kappa shape index (κ1) is 17.5. The fraction of sp³-hybridized carbons (Fsp3) is 0. The predicted molar refractivity (Wildman–Crippen MR) is 105 cm³/mol. The molecule has 1 aromatic heterocycles. The fourth-order valence-corrected chi connectivity index (χ4v) is 3.97. The average Bonchev–Trinajstić information content (AvgIpc) is 3.20. The van der Waals surface area contributed by atoms with Crippen molar-refractivity contribution < 1.29 is 8.42 Å². The third-order valence-corrected chi connectivity index (χ3v) is 5.91. The van der Waals surface area contributed by atoms with Crippen molar-refractivity contribution in [3.8, 4) is 22.4 Å². The van der Waals surface area contributed by atoms with Gasteiger partial charge in [0.15, 0.2) is 0 Å². The maximum Gasteiger partial charge on any atom is 0.284 e. The highest BCUT2D eigenvalue weighted by molar-refractivity contribution is 7.89. The molecule has 0 aliphatic rings. The van der Waals surface area contributed by atoms with Gasteiger partial charge in [0.1, 0.15) is 5.69 Å².